The first-order valence-electron chi connectivity index (χ1n) is 6.86. The topological polar surface area (TPSA) is 73.2 Å². The van der Waals surface area contributed by atoms with E-state index in [4.69, 9.17) is 16.3 Å². The summed E-state index contributed by atoms with van der Waals surface area (Å²) < 4.78 is 34.3. The van der Waals surface area contributed by atoms with Gasteiger partial charge in [0.2, 0.25) is 0 Å². The van der Waals surface area contributed by atoms with E-state index in [1.165, 1.54) is 12.4 Å². The van der Waals surface area contributed by atoms with Gasteiger partial charge in [-0.3, -0.25) is 9.40 Å². The van der Waals surface area contributed by atoms with Gasteiger partial charge in [-0.15, -0.1) is 0 Å². The van der Waals surface area contributed by atoms with Gasteiger partial charge in [-0.2, -0.15) is 5.10 Å². The molecule has 0 spiro atoms. The smallest absolute Gasteiger partial charge is 0.265 e. The van der Waals surface area contributed by atoms with Crippen molar-refractivity contribution >= 4 is 27.3 Å². The molecule has 1 aliphatic heterocycles. The van der Waals surface area contributed by atoms with E-state index in [1.807, 2.05) is 13.0 Å². The summed E-state index contributed by atoms with van der Waals surface area (Å²) in [5.41, 5.74) is 1.28. The van der Waals surface area contributed by atoms with Crippen LogP contribution in [0, 0.1) is 6.92 Å². The molecule has 6 nitrogen and oxygen atoms in total. The number of aryl methyl sites for hydroxylation is 1. The first-order valence-corrected chi connectivity index (χ1v) is 8.73. The number of nitrogens with zero attached hydrogens (tertiary/aromatic N) is 2. The Bertz CT molecular complexity index is 782. The molecular weight excluding hydrogens is 326 g/mol. The first kappa shape index (κ1) is 15.3. The minimum atomic E-state index is -3.72. The number of hydrogen-bond donors (Lipinski definition) is 1. The van der Waals surface area contributed by atoms with Gasteiger partial charge in [0.1, 0.15) is 4.90 Å². The van der Waals surface area contributed by atoms with Crippen LogP contribution in [0.25, 0.3) is 0 Å². The molecule has 2 heterocycles. The number of halogens is 1. The van der Waals surface area contributed by atoms with Gasteiger partial charge in [-0.1, -0.05) is 17.7 Å². The third kappa shape index (κ3) is 3.11. The number of hydrogen-bond acceptors (Lipinski definition) is 4. The highest BCUT2D eigenvalue weighted by Crippen LogP contribution is 2.26. The van der Waals surface area contributed by atoms with Gasteiger partial charge < -0.3 is 4.74 Å². The van der Waals surface area contributed by atoms with Gasteiger partial charge in [0.15, 0.2) is 0 Å². The fourth-order valence-electron chi connectivity index (χ4n) is 2.31. The van der Waals surface area contributed by atoms with Gasteiger partial charge >= 0.3 is 0 Å². The van der Waals surface area contributed by atoms with Crippen molar-refractivity contribution in [2.45, 2.75) is 24.3 Å². The molecular formula is C14H16ClN3O3S. The summed E-state index contributed by atoms with van der Waals surface area (Å²) in [6.45, 7) is 3.09. The maximum atomic E-state index is 12.4. The van der Waals surface area contributed by atoms with Crippen LogP contribution >= 0.6 is 11.6 Å². The van der Waals surface area contributed by atoms with Crippen LogP contribution in [0.3, 0.4) is 0 Å². The molecule has 0 aliphatic carbocycles. The molecule has 1 N–H and O–H groups in total. The van der Waals surface area contributed by atoms with Crippen LogP contribution < -0.4 is 4.72 Å². The molecule has 0 radical (unpaired) electrons. The van der Waals surface area contributed by atoms with Gasteiger partial charge in [-0.25, -0.2) is 8.42 Å². The summed E-state index contributed by atoms with van der Waals surface area (Å²) in [5.74, 6) is 0. The van der Waals surface area contributed by atoms with Gasteiger partial charge in [0.05, 0.1) is 29.6 Å². The SMILES string of the molecule is Cc1ccc(Cl)c(NS(=O)(=O)c2cnn(C3CCOC3)c2)c1. The highest BCUT2D eigenvalue weighted by molar-refractivity contribution is 7.92. The monoisotopic (exact) mass is 341 g/mol. The van der Waals surface area contributed by atoms with Crippen LogP contribution in [0.5, 0.6) is 0 Å². The molecule has 1 saturated heterocycles. The molecule has 0 bridgehead atoms. The summed E-state index contributed by atoms with van der Waals surface area (Å²) in [6, 6.07) is 5.26. The molecule has 118 valence electrons. The Morgan fingerprint density at radius 1 is 1.45 bits per heavy atom. The van der Waals surface area contributed by atoms with Crippen LogP contribution in [0.15, 0.2) is 35.5 Å². The third-order valence-corrected chi connectivity index (χ3v) is 5.18. The maximum Gasteiger partial charge on any atom is 0.265 e. The average Bonchev–Trinajstić information content (AvgIpc) is 3.12. The van der Waals surface area contributed by atoms with Crippen LogP contribution in [0.2, 0.25) is 5.02 Å². The Labute approximate surface area is 134 Å². The van der Waals surface area contributed by atoms with Crippen molar-refractivity contribution in [2.24, 2.45) is 0 Å². The molecule has 2 aromatic rings. The van der Waals surface area contributed by atoms with Crippen molar-refractivity contribution in [3.63, 3.8) is 0 Å². The van der Waals surface area contributed by atoms with E-state index in [0.717, 1.165) is 12.0 Å². The zero-order valence-corrected chi connectivity index (χ0v) is 13.6. The summed E-state index contributed by atoms with van der Waals surface area (Å²) in [4.78, 5) is 0.108. The molecule has 1 atom stereocenters. The van der Waals surface area contributed by atoms with E-state index in [1.54, 1.807) is 16.8 Å². The van der Waals surface area contributed by atoms with Crippen LogP contribution in [-0.2, 0) is 14.8 Å². The number of anilines is 1. The summed E-state index contributed by atoms with van der Waals surface area (Å²) >= 11 is 6.03. The summed E-state index contributed by atoms with van der Waals surface area (Å²) in [6.07, 6.45) is 3.69. The normalized spacial score (nSPS) is 18.5. The molecule has 1 fully saturated rings. The second-order valence-corrected chi connectivity index (χ2v) is 7.35. The van der Waals surface area contributed by atoms with Gasteiger partial charge in [-0.05, 0) is 31.0 Å². The standard InChI is InChI=1S/C14H16ClN3O3S/c1-10-2-3-13(15)14(6-10)17-22(19,20)12-7-16-18(8-12)11-4-5-21-9-11/h2-3,6-8,11,17H,4-5,9H2,1H3. The van der Waals surface area contributed by atoms with E-state index < -0.39 is 10.0 Å². The molecule has 22 heavy (non-hydrogen) atoms. The Hall–Kier alpha value is -1.57. The highest BCUT2D eigenvalue weighted by atomic mass is 35.5. The van der Waals surface area contributed by atoms with Crippen molar-refractivity contribution in [1.29, 1.82) is 0 Å². The van der Waals surface area contributed by atoms with E-state index in [-0.39, 0.29) is 10.9 Å². The lowest BCUT2D eigenvalue weighted by atomic mass is 10.2. The van der Waals surface area contributed by atoms with E-state index in [2.05, 4.69) is 9.82 Å². The lowest BCUT2D eigenvalue weighted by Crippen LogP contribution is -2.13. The molecule has 1 aliphatic rings. The van der Waals surface area contributed by atoms with Crippen molar-refractivity contribution in [2.75, 3.05) is 17.9 Å². The number of sulfonamides is 1. The fourth-order valence-corrected chi connectivity index (χ4v) is 3.54. The van der Waals surface area contributed by atoms with Crippen LogP contribution in [0.1, 0.15) is 18.0 Å². The third-order valence-electron chi connectivity index (χ3n) is 3.53. The number of nitrogens with one attached hydrogen (secondary N) is 1. The minimum absolute atomic E-state index is 0.0894. The second-order valence-electron chi connectivity index (χ2n) is 5.26. The fraction of sp³-hybridized carbons (Fsp3) is 0.357. The lowest BCUT2D eigenvalue weighted by molar-refractivity contribution is 0.184. The van der Waals surface area contributed by atoms with Gasteiger partial charge in [0.25, 0.3) is 10.0 Å². The van der Waals surface area contributed by atoms with E-state index in [9.17, 15) is 8.42 Å². The number of ether oxygens (including phenoxy) is 1. The predicted octanol–water partition coefficient (Wildman–Crippen LogP) is 2.61. The van der Waals surface area contributed by atoms with Crippen LogP contribution in [0.4, 0.5) is 5.69 Å². The summed E-state index contributed by atoms with van der Waals surface area (Å²) in [5, 5.41) is 4.48. The van der Waals surface area contributed by atoms with Crippen molar-refractivity contribution in [1.82, 2.24) is 9.78 Å². The first-order chi connectivity index (χ1) is 10.5. The number of rotatable bonds is 4. The molecule has 1 aromatic carbocycles. The second kappa shape index (κ2) is 5.91. The zero-order chi connectivity index (χ0) is 15.7. The molecule has 8 heteroatoms. The quantitative estimate of drug-likeness (QED) is 0.927. The van der Waals surface area contributed by atoms with Crippen molar-refractivity contribution in [3.8, 4) is 0 Å². The largest absolute Gasteiger partial charge is 0.379 e. The molecule has 1 aromatic heterocycles. The molecule has 0 amide bonds. The van der Waals surface area contributed by atoms with Crippen molar-refractivity contribution in [3.05, 3.63) is 41.2 Å². The van der Waals surface area contributed by atoms with Crippen molar-refractivity contribution < 1.29 is 13.2 Å². The Morgan fingerprint density at radius 3 is 3.00 bits per heavy atom. The molecule has 0 saturated carbocycles. The Morgan fingerprint density at radius 2 is 2.27 bits per heavy atom. The average molecular weight is 342 g/mol. The minimum Gasteiger partial charge on any atom is -0.379 e. The predicted molar refractivity (Wildman–Crippen MR) is 83.7 cm³/mol. The highest BCUT2D eigenvalue weighted by Gasteiger charge is 2.22. The van der Waals surface area contributed by atoms with Crippen LogP contribution in [-0.4, -0.2) is 31.4 Å². The number of aromatic nitrogens is 2. The Kier molecular flexibility index (Phi) is 4.12. The van der Waals surface area contributed by atoms with E-state index in [0.29, 0.717) is 23.9 Å². The Balaban J connectivity index is 1.85. The molecule has 3 rings (SSSR count). The van der Waals surface area contributed by atoms with Gasteiger partial charge in [0, 0.05) is 12.8 Å². The maximum absolute atomic E-state index is 12.4. The summed E-state index contributed by atoms with van der Waals surface area (Å²) in [7, 11) is -3.72. The van der Waals surface area contributed by atoms with E-state index >= 15 is 0 Å². The zero-order valence-electron chi connectivity index (χ0n) is 12.0. The lowest BCUT2D eigenvalue weighted by Gasteiger charge is -2.09. The molecule has 1 unspecified atom stereocenters. The number of benzene rings is 1.